The van der Waals surface area contributed by atoms with Gasteiger partial charge in [0.1, 0.15) is 6.33 Å². The van der Waals surface area contributed by atoms with Crippen molar-refractivity contribution in [2.45, 2.75) is 13.3 Å². The van der Waals surface area contributed by atoms with Gasteiger partial charge in [-0.25, -0.2) is 4.98 Å². The zero-order valence-corrected chi connectivity index (χ0v) is 9.79. The summed E-state index contributed by atoms with van der Waals surface area (Å²) in [5.74, 6) is 1.50. The summed E-state index contributed by atoms with van der Waals surface area (Å²) in [6.45, 7) is 2.05. The van der Waals surface area contributed by atoms with E-state index in [4.69, 9.17) is 4.52 Å². The van der Waals surface area contributed by atoms with Crippen molar-refractivity contribution in [1.29, 1.82) is 0 Å². The van der Waals surface area contributed by atoms with Gasteiger partial charge in [-0.2, -0.15) is 10.1 Å². The quantitative estimate of drug-likeness (QED) is 0.755. The van der Waals surface area contributed by atoms with Crippen molar-refractivity contribution < 1.29 is 4.52 Å². The molecule has 0 atom stereocenters. The highest BCUT2D eigenvalue weighted by atomic mass is 16.5. The Morgan fingerprint density at radius 3 is 3.06 bits per heavy atom. The van der Waals surface area contributed by atoms with Crippen molar-refractivity contribution in [3.05, 3.63) is 47.6 Å². The van der Waals surface area contributed by atoms with Gasteiger partial charge in [-0.15, -0.1) is 0 Å². The summed E-state index contributed by atoms with van der Waals surface area (Å²) in [6, 6.07) is 8.19. The second kappa shape index (κ2) is 4.40. The zero-order valence-electron chi connectivity index (χ0n) is 9.79. The Balaban J connectivity index is 1.82. The molecule has 2 heterocycles. The van der Waals surface area contributed by atoms with Gasteiger partial charge in [-0.1, -0.05) is 35.0 Å². The lowest BCUT2D eigenvalue weighted by molar-refractivity contribution is 0.385. The number of hydrogen-bond acceptors (Lipinski definition) is 5. The van der Waals surface area contributed by atoms with Gasteiger partial charge in [-0.3, -0.25) is 5.10 Å². The fourth-order valence-electron chi connectivity index (χ4n) is 1.73. The number of nitrogens with one attached hydrogen (secondary N) is 1. The van der Waals surface area contributed by atoms with Crippen LogP contribution in [-0.4, -0.2) is 25.3 Å². The van der Waals surface area contributed by atoms with E-state index in [0.717, 1.165) is 5.56 Å². The van der Waals surface area contributed by atoms with Crippen molar-refractivity contribution in [2.24, 2.45) is 0 Å². The van der Waals surface area contributed by atoms with E-state index < -0.39 is 0 Å². The molecule has 0 saturated carbocycles. The summed E-state index contributed by atoms with van der Waals surface area (Å²) in [4.78, 5) is 8.24. The van der Waals surface area contributed by atoms with Crippen molar-refractivity contribution in [3.63, 3.8) is 0 Å². The maximum atomic E-state index is 5.18. The predicted octanol–water partition coefficient (Wildman–Crippen LogP) is 1.75. The van der Waals surface area contributed by atoms with Crippen LogP contribution >= 0.6 is 0 Å². The third-order valence-corrected chi connectivity index (χ3v) is 2.53. The minimum atomic E-state index is 0.426. The Bertz CT molecular complexity index is 644. The van der Waals surface area contributed by atoms with Crippen LogP contribution < -0.4 is 0 Å². The Morgan fingerprint density at radius 1 is 1.33 bits per heavy atom. The molecule has 0 bridgehead atoms. The topological polar surface area (TPSA) is 80.5 Å². The Hall–Kier alpha value is -2.50. The largest absolute Gasteiger partial charge is 0.339 e. The molecule has 3 aromatic rings. The highest BCUT2D eigenvalue weighted by molar-refractivity contribution is 5.39. The van der Waals surface area contributed by atoms with Crippen LogP contribution in [0.1, 0.15) is 17.0 Å². The van der Waals surface area contributed by atoms with Gasteiger partial charge in [0.15, 0.2) is 5.82 Å². The molecule has 0 amide bonds. The average molecular weight is 241 g/mol. The van der Waals surface area contributed by atoms with Crippen LogP contribution in [0.4, 0.5) is 0 Å². The summed E-state index contributed by atoms with van der Waals surface area (Å²) in [5.41, 5.74) is 2.35. The van der Waals surface area contributed by atoms with Crippen molar-refractivity contribution in [1.82, 2.24) is 25.3 Å². The number of hydrogen-bond donors (Lipinski definition) is 1. The lowest BCUT2D eigenvalue weighted by atomic mass is 10.1. The van der Waals surface area contributed by atoms with E-state index in [1.807, 2.05) is 12.1 Å². The first kappa shape index (κ1) is 10.6. The first-order valence-electron chi connectivity index (χ1n) is 5.55. The number of aryl methyl sites for hydroxylation is 1. The highest BCUT2D eigenvalue weighted by Crippen LogP contribution is 2.13. The predicted molar refractivity (Wildman–Crippen MR) is 63.7 cm³/mol. The fraction of sp³-hybridized carbons (Fsp3) is 0.167. The molecule has 1 aromatic carbocycles. The molecule has 0 aliphatic heterocycles. The monoisotopic (exact) mass is 241 g/mol. The maximum absolute atomic E-state index is 5.18. The summed E-state index contributed by atoms with van der Waals surface area (Å²) in [6.07, 6.45) is 2.02. The van der Waals surface area contributed by atoms with Crippen LogP contribution in [0.25, 0.3) is 11.6 Å². The van der Waals surface area contributed by atoms with Gasteiger partial charge in [0, 0.05) is 0 Å². The second-order valence-corrected chi connectivity index (χ2v) is 4.01. The van der Waals surface area contributed by atoms with E-state index in [0.29, 0.717) is 24.0 Å². The summed E-state index contributed by atoms with van der Waals surface area (Å²) >= 11 is 0. The van der Waals surface area contributed by atoms with Gasteiger partial charge in [0.25, 0.3) is 0 Å². The Labute approximate surface area is 103 Å². The van der Waals surface area contributed by atoms with Crippen LogP contribution in [0.5, 0.6) is 0 Å². The van der Waals surface area contributed by atoms with Gasteiger partial charge < -0.3 is 4.52 Å². The van der Waals surface area contributed by atoms with Crippen molar-refractivity contribution in [3.8, 4) is 11.6 Å². The molecule has 0 spiro atoms. The number of rotatable bonds is 3. The molecule has 0 aliphatic rings. The fourth-order valence-corrected chi connectivity index (χ4v) is 1.73. The lowest BCUT2D eigenvalue weighted by Gasteiger charge is -1.97. The van der Waals surface area contributed by atoms with E-state index in [1.165, 1.54) is 11.9 Å². The standard InChI is InChI=1S/C12H11N5O/c1-8-3-2-4-9(5-8)6-10-15-12(17-18-10)11-13-7-14-16-11/h2-5,7H,6H2,1H3,(H,13,14,16). The van der Waals surface area contributed by atoms with Crippen LogP contribution in [0.2, 0.25) is 0 Å². The molecule has 6 heteroatoms. The number of H-pyrrole nitrogens is 1. The summed E-state index contributed by atoms with van der Waals surface area (Å²) < 4.78 is 5.18. The van der Waals surface area contributed by atoms with Gasteiger partial charge >= 0.3 is 0 Å². The minimum absolute atomic E-state index is 0.426. The van der Waals surface area contributed by atoms with E-state index >= 15 is 0 Å². The molecule has 18 heavy (non-hydrogen) atoms. The summed E-state index contributed by atoms with van der Waals surface area (Å²) in [5, 5.41) is 10.3. The van der Waals surface area contributed by atoms with E-state index in [9.17, 15) is 0 Å². The average Bonchev–Trinajstić information content (AvgIpc) is 2.98. The molecule has 2 aromatic heterocycles. The van der Waals surface area contributed by atoms with Crippen molar-refractivity contribution in [2.75, 3.05) is 0 Å². The third-order valence-electron chi connectivity index (χ3n) is 2.53. The number of aromatic nitrogens is 5. The number of aromatic amines is 1. The van der Waals surface area contributed by atoms with Crippen molar-refractivity contribution >= 4 is 0 Å². The molecule has 90 valence electrons. The molecule has 1 N–H and O–H groups in total. The Kier molecular flexibility index (Phi) is 2.60. The molecule has 3 rings (SSSR count). The second-order valence-electron chi connectivity index (χ2n) is 4.01. The van der Waals surface area contributed by atoms with Crippen LogP contribution in [0.15, 0.2) is 35.1 Å². The molecular formula is C12H11N5O. The maximum Gasteiger partial charge on any atom is 0.239 e. The molecule has 6 nitrogen and oxygen atoms in total. The zero-order chi connectivity index (χ0) is 12.4. The molecule has 0 radical (unpaired) electrons. The first-order chi connectivity index (χ1) is 8.81. The van der Waals surface area contributed by atoms with E-state index in [-0.39, 0.29) is 0 Å². The van der Waals surface area contributed by atoms with E-state index in [1.54, 1.807) is 0 Å². The normalized spacial score (nSPS) is 10.7. The molecule has 0 saturated heterocycles. The smallest absolute Gasteiger partial charge is 0.239 e. The highest BCUT2D eigenvalue weighted by Gasteiger charge is 2.11. The van der Waals surface area contributed by atoms with Crippen LogP contribution in [0, 0.1) is 6.92 Å². The number of nitrogens with zero attached hydrogens (tertiary/aromatic N) is 4. The molecule has 0 aliphatic carbocycles. The summed E-state index contributed by atoms with van der Waals surface area (Å²) in [7, 11) is 0. The first-order valence-corrected chi connectivity index (χ1v) is 5.55. The molecule has 0 fully saturated rings. The minimum Gasteiger partial charge on any atom is -0.339 e. The molecule has 0 unspecified atom stereocenters. The molecular weight excluding hydrogens is 230 g/mol. The van der Waals surface area contributed by atoms with E-state index in [2.05, 4.69) is 44.4 Å². The Morgan fingerprint density at radius 2 is 2.28 bits per heavy atom. The van der Waals surface area contributed by atoms with Gasteiger partial charge in [0.05, 0.1) is 6.42 Å². The van der Waals surface area contributed by atoms with Gasteiger partial charge in [-0.05, 0) is 12.5 Å². The lowest BCUT2D eigenvalue weighted by Crippen LogP contribution is -1.89. The van der Waals surface area contributed by atoms with Crippen LogP contribution in [-0.2, 0) is 6.42 Å². The third kappa shape index (κ3) is 2.13. The SMILES string of the molecule is Cc1cccc(Cc2nc(-c3ncn[nH]3)no2)c1. The number of benzene rings is 1. The van der Waals surface area contributed by atoms with Gasteiger partial charge in [0.2, 0.25) is 11.7 Å². The van der Waals surface area contributed by atoms with Crippen LogP contribution in [0.3, 0.4) is 0 Å².